The fraction of sp³-hybridized carbons (Fsp3) is 1.00. The lowest BCUT2D eigenvalue weighted by Crippen LogP contribution is -2.46. The minimum absolute atomic E-state index is 0.568. The van der Waals surface area contributed by atoms with Crippen LogP contribution in [0.15, 0.2) is 0 Å². The largest absolute Gasteiger partial charge is 0.329 e. The topological polar surface area (TPSA) is 29.3 Å². The highest BCUT2D eigenvalue weighted by atomic mass is 15.2. The summed E-state index contributed by atoms with van der Waals surface area (Å²) >= 11 is 0. The molecule has 0 aliphatic carbocycles. The highest BCUT2D eigenvalue weighted by Crippen LogP contribution is 2.17. The maximum Gasteiger partial charge on any atom is 0.0243 e. The number of hydrogen-bond acceptors (Lipinski definition) is 2. The van der Waals surface area contributed by atoms with Crippen molar-refractivity contribution in [1.82, 2.24) is 4.90 Å². The van der Waals surface area contributed by atoms with Crippen molar-refractivity contribution in [3.8, 4) is 0 Å². The Kier molecular flexibility index (Phi) is 8.96. The summed E-state index contributed by atoms with van der Waals surface area (Å²) in [7, 11) is 0. The van der Waals surface area contributed by atoms with Gasteiger partial charge in [0, 0.05) is 19.1 Å². The molecule has 0 spiro atoms. The number of likely N-dealkylation sites (N-methyl/N-ethyl adjacent to an activating group) is 1. The van der Waals surface area contributed by atoms with Crippen LogP contribution >= 0.6 is 0 Å². The van der Waals surface area contributed by atoms with Gasteiger partial charge in [0.05, 0.1) is 0 Å². The van der Waals surface area contributed by atoms with Gasteiger partial charge in [-0.05, 0) is 24.8 Å². The first-order valence-electron chi connectivity index (χ1n) is 7.04. The van der Waals surface area contributed by atoms with E-state index < -0.39 is 0 Å². The van der Waals surface area contributed by atoms with Crippen molar-refractivity contribution in [2.24, 2.45) is 17.6 Å². The SMILES string of the molecule is CCCC(C)C(CN)N(CC)CC(C)CC. The lowest BCUT2D eigenvalue weighted by Gasteiger charge is -2.35. The average molecular weight is 228 g/mol. The summed E-state index contributed by atoms with van der Waals surface area (Å²) in [5, 5.41) is 0. The lowest BCUT2D eigenvalue weighted by molar-refractivity contribution is 0.134. The van der Waals surface area contributed by atoms with E-state index in [4.69, 9.17) is 5.73 Å². The molecule has 0 radical (unpaired) electrons. The van der Waals surface area contributed by atoms with Crippen LogP contribution in [0, 0.1) is 11.8 Å². The van der Waals surface area contributed by atoms with Gasteiger partial charge in [0.1, 0.15) is 0 Å². The van der Waals surface area contributed by atoms with E-state index in [2.05, 4.69) is 39.5 Å². The van der Waals surface area contributed by atoms with Gasteiger partial charge in [0.15, 0.2) is 0 Å². The normalized spacial score (nSPS) is 17.4. The Balaban J connectivity index is 4.36. The van der Waals surface area contributed by atoms with E-state index in [0.717, 1.165) is 24.9 Å². The smallest absolute Gasteiger partial charge is 0.0243 e. The van der Waals surface area contributed by atoms with Gasteiger partial charge >= 0.3 is 0 Å². The van der Waals surface area contributed by atoms with E-state index in [0.29, 0.717) is 6.04 Å². The molecule has 0 amide bonds. The van der Waals surface area contributed by atoms with E-state index in [-0.39, 0.29) is 0 Å². The fourth-order valence-corrected chi connectivity index (χ4v) is 2.42. The molecule has 0 bridgehead atoms. The summed E-state index contributed by atoms with van der Waals surface area (Å²) in [5.41, 5.74) is 5.96. The van der Waals surface area contributed by atoms with Crippen molar-refractivity contribution in [3.05, 3.63) is 0 Å². The Hall–Kier alpha value is -0.0800. The molecule has 16 heavy (non-hydrogen) atoms. The number of nitrogens with two attached hydrogens (primary N) is 1. The molecule has 0 aromatic carbocycles. The molecule has 0 aromatic heterocycles. The molecule has 0 aromatic rings. The molecule has 2 heteroatoms. The van der Waals surface area contributed by atoms with Crippen LogP contribution < -0.4 is 5.73 Å². The highest BCUT2D eigenvalue weighted by Gasteiger charge is 2.22. The maximum absolute atomic E-state index is 5.96. The van der Waals surface area contributed by atoms with Crippen LogP contribution in [0.3, 0.4) is 0 Å². The van der Waals surface area contributed by atoms with Gasteiger partial charge in [-0.2, -0.15) is 0 Å². The fourth-order valence-electron chi connectivity index (χ4n) is 2.42. The predicted molar refractivity (Wildman–Crippen MR) is 73.6 cm³/mol. The Morgan fingerprint density at radius 2 is 1.75 bits per heavy atom. The second-order valence-corrected chi connectivity index (χ2v) is 5.17. The molecule has 3 atom stereocenters. The Labute approximate surface area is 103 Å². The Morgan fingerprint density at radius 3 is 2.12 bits per heavy atom. The third kappa shape index (κ3) is 5.31. The van der Waals surface area contributed by atoms with Gasteiger partial charge in [0.25, 0.3) is 0 Å². The first-order chi connectivity index (χ1) is 7.60. The predicted octanol–water partition coefficient (Wildman–Crippen LogP) is 3.12. The van der Waals surface area contributed by atoms with Crippen molar-refractivity contribution in [1.29, 1.82) is 0 Å². The third-order valence-electron chi connectivity index (χ3n) is 3.76. The van der Waals surface area contributed by atoms with E-state index in [1.807, 2.05) is 0 Å². The molecule has 2 nitrogen and oxygen atoms in total. The zero-order valence-electron chi connectivity index (χ0n) is 12.0. The van der Waals surface area contributed by atoms with Crippen molar-refractivity contribution >= 4 is 0 Å². The monoisotopic (exact) mass is 228 g/mol. The van der Waals surface area contributed by atoms with Crippen molar-refractivity contribution in [2.45, 2.75) is 59.9 Å². The molecule has 3 unspecified atom stereocenters. The summed E-state index contributed by atoms with van der Waals surface area (Å²) in [5.74, 6) is 1.50. The van der Waals surface area contributed by atoms with Crippen LogP contribution in [-0.4, -0.2) is 30.6 Å². The maximum atomic E-state index is 5.96. The Morgan fingerprint density at radius 1 is 1.12 bits per heavy atom. The Bertz CT molecular complexity index is 159. The molecular formula is C14H32N2. The van der Waals surface area contributed by atoms with Crippen LogP contribution in [-0.2, 0) is 0 Å². The van der Waals surface area contributed by atoms with E-state index in [1.54, 1.807) is 0 Å². The van der Waals surface area contributed by atoms with Crippen molar-refractivity contribution < 1.29 is 0 Å². The molecule has 0 aliphatic rings. The molecular weight excluding hydrogens is 196 g/mol. The van der Waals surface area contributed by atoms with Gasteiger partial charge in [0.2, 0.25) is 0 Å². The molecule has 2 N–H and O–H groups in total. The van der Waals surface area contributed by atoms with Crippen LogP contribution in [0.5, 0.6) is 0 Å². The summed E-state index contributed by atoms with van der Waals surface area (Å²) in [4.78, 5) is 2.58. The molecule has 0 saturated heterocycles. The van der Waals surface area contributed by atoms with Gasteiger partial charge in [-0.15, -0.1) is 0 Å². The number of rotatable bonds is 9. The van der Waals surface area contributed by atoms with Crippen LogP contribution in [0.1, 0.15) is 53.9 Å². The van der Waals surface area contributed by atoms with Gasteiger partial charge in [-0.3, -0.25) is 4.90 Å². The molecule has 98 valence electrons. The van der Waals surface area contributed by atoms with Gasteiger partial charge in [-0.1, -0.05) is 47.5 Å². The lowest BCUT2D eigenvalue weighted by atomic mass is 9.94. The molecule has 0 aliphatic heterocycles. The number of hydrogen-bond donors (Lipinski definition) is 1. The summed E-state index contributed by atoms with van der Waals surface area (Å²) in [6.07, 6.45) is 3.81. The van der Waals surface area contributed by atoms with Crippen LogP contribution in [0.2, 0.25) is 0 Å². The van der Waals surface area contributed by atoms with Crippen molar-refractivity contribution in [2.75, 3.05) is 19.6 Å². The standard InChI is InChI=1S/C14H32N2/c1-6-9-13(5)14(10-15)16(8-3)11-12(4)7-2/h12-14H,6-11,15H2,1-5H3. The first-order valence-corrected chi connectivity index (χ1v) is 7.04. The minimum Gasteiger partial charge on any atom is -0.329 e. The van der Waals surface area contributed by atoms with E-state index in [9.17, 15) is 0 Å². The van der Waals surface area contributed by atoms with E-state index in [1.165, 1.54) is 25.8 Å². The van der Waals surface area contributed by atoms with Crippen molar-refractivity contribution in [3.63, 3.8) is 0 Å². The molecule has 0 fully saturated rings. The van der Waals surface area contributed by atoms with Crippen LogP contribution in [0.4, 0.5) is 0 Å². The highest BCUT2D eigenvalue weighted by molar-refractivity contribution is 4.78. The van der Waals surface area contributed by atoms with Gasteiger partial charge in [-0.25, -0.2) is 0 Å². The first kappa shape index (κ1) is 15.9. The minimum atomic E-state index is 0.568. The zero-order chi connectivity index (χ0) is 12.6. The average Bonchev–Trinajstić information content (AvgIpc) is 2.28. The zero-order valence-corrected chi connectivity index (χ0v) is 12.0. The second kappa shape index (κ2) is 9.00. The molecule has 0 heterocycles. The summed E-state index contributed by atoms with van der Waals surface area (Å²) < 4.78 is 0. The van der Waals surface area contributed by atoms with Gasteiger partial charge < -0.3 is 5.73 Å². The molecule has 0 rings (SSSR count). The summed E-state index contributed by atoms with van der Waals surface area (Å²) in [6.45, 7) is 14.6. The quantitative estimate of drug-likeness (QED) is 0.657. The van der Waals surface area contributed by atoms with E-state index >= 15 is 0 Å². The second-order valence-electron chi connectivity index (χ2n) is 5.17. The third-order valence-corrected chi connectivity index (χ3v) is 3.76. The number of nitrogens with zero attached hydrogens (tertiary/aromatic N) is 1. The molecule has 0 saturated carbocycles. The van der Waals surface area contributed by atoms with Crippen LogP contribution in [0.25, 0.3) is 0 Å². The summed E-state index contributed by atoms with van der Waals surface area (Å²) in [6, 6.07) is 0.568.